The smallest absolute Gasteiger partial charge is 0.331 e. The summed E-state index contributed by atoms with van der Waals surface area (Å²) in [4.78, 5) is 24.2. The van der Waals surface area contributed by atoms with Gasteiger partial charge in [0.05, 0.1) is 14.2 Å². The summed E-state index contributed by atoms with van der Waals surface area (Å²) in [6.45, 7) is 3.46. The van der Waals surface area contributed by atoms with E-state index in [1.165, 1.54) is 27.2 Å². The van der Waals surface area contributed by atoms with Crippen LogP contribution in [0.2, 0.25) is 0 Å². The first-order valence-electron chi connectivity index (χ1n) is 8.41. The molecule has 2 rings (SSSR count). The summed E-state index contributed by atoms with van der Waals surface area (Å²) in [7, 11) is 3.04. The van der Waals surface area contributed by atoms with Crippen LogP contribution in [0.25, 0.3) is 6.08 Å². The lowest BCUT2D eigenvalue weighted by atomic mass is 10.1. The van der Waals surface area contributed by atoms with Crippen LogP contribution in [0.5, 0.6) is 11.5 Å². The summed E-state index contributed by atoms with van der Waals surface area (Å²) in [6.07, 6.45) is 2.02. The molecule has 0 aromatic heterocycles. The fourth-order valence-electron chi connectivity index (χ4n) is 2.36. The number of amides is 1. The van der Waals surface area contributed by atoms with Crippen molar-refractivity contribution in [2.75, 3.05) is 19.5 Å². The average Bonchev–Trinajstić information content (AvgIpc) is 2.67. The van der Waals surface area contributed by atoms with Crippen LogP contribution in [-0.2, 0) is 14.3 Å². The number of rotatable bonds is 7. The van der Waals surface area contributed by atoms with Crippen LogP contribution >= 0.6 is 0 Å². The molecular weight excluding hydrogens is 346 g/mol. The van der Waals surface area contributed by atoms with E-state index in [4.69, 9.17) is 14.2 Å². The molecule has 0 unspecified atom stereocenters. The number of carbonyl (C=O) groups is 2. The second-order valence-electron chi connectivity index (χ2n) is 5.83. The van der Waals surface area contributed by atoms with Gasteiger partial charge in [0.1, 0.15) is 0 Å². The number of hydrogen-bond acceptors (Lipinski definition) is 5. The Morgan fingerprint density at radius 2 is 1.74 bits per heavy atom. The molecule has 2 aromatic rings. The Balaban J connectivity index is 1.95. The number of esters is 1. The van der Waals surface area contributed by atoms with E-state index < -0.39 is 18.0 Å². The molecule has 0 aliphatic heterocycles. The van der Waals surface area contributed by atoms with Crippen molar-refractivity contribution in [3.8, 4) is 11.5 Å². The zero-order valence-electron chi connectivity index (χ0n) is 15.8. The molecule has 142 valence electrons. The highest BCUT2D eigenvalue weighted by atomic mass is 16.5. The third kappa shape index (κ3) is 5.60. The highest BCUT2D eigenvalue weighted by Crippen LogP contribution is 2.29. The van der Waals surface area contributed by atoms with Crippen LogP contribution in [0.3, 0.4) is 0 Å². The minimum Gasteiger partial charge on any atom is -0.493 e. The van der Waals surface area contributed by atoms with Crippen LogP contribution in [0.4, 0.5) is 5.69 Å². The molecule has 0 bridgehead atoms. The fourth-order valence-corrected chi connectivity index (χ4v) is 2.36. The van der Waals surface area contributed by atoms with Gasteiger partial charge in [-0.3, -0.25) is 4.79 Å². The quantitative estimate of drug-likeness (QED) is 0.596. The summed E-state index contributed by atoms with van der Waals surface area (Å²) in [6, 6.07) is 12.6. The molecule has 1 amide bonds. The molecule has 0 saturated carbocycles. The van der Waals surface area contributed by atoms with Crippen molar-refractivity contribution in [3.63, 3.8) is 0 Å². The minimum absolute atomic E-state index is 0.445. The Bertz CT molecular complexity index is 844. The molecule has 1 N–H and O–H groups in total. The molecule has 1 atom stereocenters. The molecule has 0 radical (unpaired) electrons. The fraction of sp³-hybridized carbons (Fsp3) is 0.238. The van der Waals surface area contributed by atoms with E-state index in [0.29, 0.717) is 17.2 Å². The molecule has 0 fully saturated rings. The van der Waals surface area contributed by atoms with Gasteiger partial charge >= 0.3 is 5.97 Å². The third-order valence-electron chi connectivity index (χ3n) is 3.90. The van der Waals surface area contributed by atoms with Gasteiger partial charge in [-0.1, -0.05) is 24.3 Å². The lowest BCUT2D eigenvalue weighted by molar-refractivity contribution is -0.148. The summed E-state index contributed by atoms with van der Waals surface area (Å²) in [5, 5.41) is 2.68. The first-order chi connectivity index (χ1) is 12.9. The molecule has 6 heteroatoms. The van der Waals surface area contributed by atoms with Crippen molar-refractivity contribution in [2.24, 2.45) is 0 Å². The number of nitrogens with one attached hydrogen (secondary N) is 1. The van der Waals surface area contributed by atoms with Crippen LogP contribution in [0.1, 0.15) is 18.1 Å². The number of ether oxygens (including phenoxy) is 3. The highest BCUT2D eigenvalue weighted by molar-refractivity contribution is 5.96. The summed E-state index contributed by atoms with van der Waals surface area (Å²) in [5.74, 6) is 0.00510. The lowest BCUT2D eigenvalue weighted by Crippen LogP contribution is -2.29. The number of hydrogen-bond donors (Lipinski definition) is 1. The number of methoxy groups -OCH3 is 2. The Morgan fingerprint density at radius 1 is 1.04 bits per heavy atom. The van der Waals surface area contributed by atoms with E-state index in [-0.39, 0.29) is 0 Å². The van der Waals surface area contributed by atoms with Crippen molar-refractivity contribution in [2.45, 2.75) is 20.0 Å². The van der Waals surface area contributed by atoms with Crippen molar-refractivity contribution in [1.29, 1.82) is 0 Å². The molecule has 0 saturated heterocycles. The van der Waals surface area contributed by atoms with E-state index in [9.17, 15) is 9.59 Å². The minimum atomic E-state index is -0.952. The number of benzene rings is 2. The molecule has 2 aromatic carbocycles. The van der Waals surface area contributed by atoms with E-state index in [2.05, 4.69) is 5.32 Å². The Hall–Kier alpha value is -3.28. The molecule has 0 aliphatic carbocycles. The Kier molecular flexibility index (Phi) is 7.00. The maximum Gasteiger partial charge on any atom is 0.331 e. The van der Waals surface area contributed by atoms with Crippen LogP contribution in [0.15, 0.2) is 48.5 Å². The van der Waals surface area contributed by atoms with Crippen LogP contribution < -0.4 is 14.8 Å². The molecular formula is C21H23NO5. The first kappa shape index (κ1) is 20.0. The van der Waals surface area contributed by atoms with Crippen LogP contribution in [-0.4, -0.2) is 32.2 Å². The van der Waals surface area contributed by atoms with Gasteiger partial charge in [-0.15, -0.1) is 0 Å². The van der Waals surface area contributed by atoms with Gasteiger partial charge in [0, 0.05) is 17.8 Å². The predicted octanol–water partition coefficient (Wildman–Crippen LogP) is 3.60. The lowest BCUT2D eigenvalue weighted by Gasteiger charge is -2.14. The maximum absolute atomic E-state index is 12.2. The first-order valence-corrected chi connectivity index (χ1v) is 8.41. The van der Waals surface area contributed by atoms with Crippen LogP contribution in [0, 0.1) is 6.92 Å². The van der Waals surface area contributed by atoms with Crippen molar-refractivity contribution >= 4 is 23.6 Å². The molecule has 6 nitrogen and oxygen atoms in total. The van der Waals surface area contributed by atoms with Crippen molar-refractivity contribution in [3.05, 3.63) is 59.7 Å². The van der Waals surface area contributed by atoms with Crippen molar-refractivity contribution in [1.82, 2.24) is 0 Å². The Morgan fingerprint density at radius 3 is 2.41 bits per heavy atom. The van der Waals surface area contributed by atoms with Gasteiger partial charge in [-0.05, 0) is 43.2 Å². The molecule has 0 heterocycles. The summed E-state index contributed by atoms with van der Waals surface area (Å²) >= 11 is 0. The SMILES string of the molecule is COc1ccc(NC(=O)[C@@H](C)OC(=O)/C=C/c2ccccc2C)cc1OC. The largest absolute Gasteiger partial charge is 0.493 e. The van der Waals surface area contributed by atoms with Gasteiger partial charge < -0.3 is 19.5 Å². The number of aryl methyl sites for hydroxylation is 1. The Labute approximate surface area is 158 Å². The topological polar surface area (TPSA) is 73.9 Å². The maximum atomic E-state index is 12.2. The highest BCUT2D eigenvalue weighted by Gasteiger charge is 2.17. The monoisotopic (exact) mass is 369 g/mol. The number of anilines is 1. The predicted molar refractivity (Wildman–Crippen MR) is 104 cm³/mol. The van der Waals surface area contributed by atoms with Gasteiger partial charge in [0.2, 0.25) is 0 Å². The van der Waals surface area contributed by atoms with Crippen molar-refractivity contribution < 1.29 is 23.8 Å². The zero-order valence-corrected chi connectivity index (χ0v) is 15.8. The van der Waals surface area contributed by atoms with E-state index in [0.717, 1.165) is 11.1 Å². The van der Waals surface area contributed by atoms with Gasteiger partial charge in [0.15, 0.2) is 17.6 Å². The van der Waals surface area contributed by atoms with E-state index in [1.807, 2.05) is 31.2 Å². The average molecular weight is 369 g/mol. The third-order valence-corrected chi connectivity index (χ3v) is 3.90. The molecule has 0 aliphatic rings. The standard InChI is InChI=1S/C21H23NO5/c1-14-7-5-6-8-16(14)9-12-20(23)27-15(2)21(24)22-17-10-11-18(25-3)19(13-17)26-4/h5-13,15H,1-4H3,(H,22,24)/b12-9+/t15-/m1/s1. The second-order valence-corrected chi connectivity index (χ2v) is 5.83. The normalized spacial score (nSPS) is 11.7. The molecule has 0 spiro atoms. The van der Waals surface area contributed by atoms with E-state index in [1.54, 1.807) is 24.3 Å². The van der Waals surface area contributed by atoms with Gasteiger partial charge in [-0.25, -0.2) is 4.79 Å². The van der Waals surface area contributed by atoms with Gasteiger partial charge in [0.25, 0.3) is 5.91 Å². The number of carbonyl (C=O) groups excluding carboxylic acids is 2. The summed E-state index contributed by atoms with van der Waals surface area (Å²) in [5.41, 5.74) is 2.47. The second kappa shape index (κ2) is 9.43. The zero-order chi connectivity index (χ0) is 19.8. The van der Waals surface area contributed by atoms with Gasteiger partial charge in [-0.2, -0.15) is 0 Å². The van der Waals surface area contributed by atoms with E-state index >= 15 is 0 Å². The summed E-state index contributed by atoms with van der Waals surface area (Å²) < 4.78 is 15.5. The molecule has 27 heavy (non-hydrogen) atoms.